The molecule has 15 nitrogen and oxygen atoms in total. The number of hydrogen-bond acceptors (Lipinski definition) is 11. The van der Waals surface area contributed by atoms with Crippen molar-refractivity contribution < 1.29 is 66.4 Å². The summed E-state index contributed by atoms with van der Waals surface area (Å²) in [6.07, 6.45) is 0.197. The summed E-state index contributed by atoms with van der Waals surface area (Å²) >= 11 is 32.8. The third-order valence-corrected chi connectivity index (χ3v) is 8.21. The van der Waals surface area contributed by atoms with E-state index < -0.39 is 46.8 Å². The van der Waals surface area contributed by atoms with Crippen LogP contribution < -0.4 is 26.6 Å². The average Bonchev–Trinajstić information content (AvgIpc) is 3.26. The van der Waals surface area contributed by atoms with Gasteiger partial charge in [0.1, 0.15) is 22.4 Å². The van der Waals surface area contributed by atoms with Crippen LogP contribution in [0, 0.1) is 6.92 Å². The minimum atomic E-state index is -0.608. The Balaban J connectivity index is -0.000000288. The first-order valence-corrected chi connectivity index (χ1v) is 39.7. The predicted octanol–water partition coefficient (Wildman–Crippen LogP) is 19.5. The number of anilines is 4. The number of carbonyl (C=O) groups is 5. The molecular formula is C53H76Cl4I4N6O9V2-. The number of hydrogen-bond donors (Lipinski definition) is 5. The molecule has 0 aliphatic heterocycles. The number of rotatable bonds is 8. The summed E-state index contributed by atoms with van der Waals surface area (Å²) < 4.78 is 20.5. The second kappa shape index (κ2) is 45.0. The Bertz CT molecular complexity index is 2400. The summed E-state index contributed by atoms with van der Waals surface area (Å²) in [6, 6.07) is 21.9. The van der Waals surface area contributed by atoms with Crippen LogP contribution in [0.5, 0.6) is 0 Å². The Morgan fingerprint density at radius 3 is 1.18 bits per heavy atom. The molecule has 0 unspecified atom stereocenters. The first kappa shape index (κ1) is 85.3. The largest absolute Gasteiger partial charge is 0 e. The zero-order valence-electron chi connectivity index (χ0n) is 46.1. The van der Waals surface area contributed by atoms with Crippen molar-refractivity contribution in [1.82, 2.24) is 5.32 Å². The minimum Gasteiger partial charge on any atom is 0 e. The molecule has 0 aromatic heterocycles. The second-order valence-corrected chi connectivity index (χ2v) is 55.6. The van der Waals surface area contributed by atoms with E-state index in [2.05, 4.69) is 121 Å². The number of ether oxygens (including phenoxy) is 4. The molecule has 5 N–H and O–H groups in total. The van der Waals surface area contributed by atoms with Crippen LogP contribution in [0.2, 0.25) is 20.1 Å². The zero-order chi connectivity index (χ0) is 59.6. The zero-order valence-corrected chi connectivity index (χ0v) is 60.6. The Kier molecular flexibility index (Phi) is 49.2. The number of benzene rings is 4. The van der Waals surface area contributed by atoms with Crippen molar-refractivity contribution in [2.24, 2.45) is 4.99 Å². The quantitative estimate of drug-likeness (QED) is 0.0283. The molecule has 1 radical (unpaired) electrons. The molecule has 0 spiro atoms. The van der Waals surface area contributed by atoms with Crippen LogP contribution >= 0.6 is 129 Å². The van der Waals surface area contributed by atoms with Gasteiger partial charge in [0.25, 0.3) is 0 Å². The van der Waals surface area contributed by atoms with E-state index in [1.54, 1.807) is 108 Å². The predicted molar refractivity (Wildman–Crippen MR) is 357 cm³/mol. The Morgan fingerprint density at radius 1 is 0.551 bits per heavy atom. The summed E-state index contributed by atoms with van der Waals surface area (Å²) in [4.78, 5) is 62.6. The van der Waals surface area contributed by atoms with Crippen molar-refractivity contribution >= 4 is 189 Å². The number of amides is 4. The molecule has 4 amide bonds. The van der Waals surface area contributed by atoms with Crippen LogP contribution in [0.15, 0.2) is 83.9 Å². The van der Waals surface area contributed by atoms with Gasteiger partial charge in [-0.1, -0.05) is 76.4 Å². The number of halogens is 8. The van der Waals surface area contributed by atoms with Gasteiger partial charge in [0.05, 0.1) is 11.4 Å². The molecular weight excluding hydrogens is 1620 g/mol. The van der Waals surface area contributed by atoms with Crippen LogP contribution in [0.4, 0.5) is 41.9 Å². The van der Waals surface area contributed by atoms with Gasteiger partial charge in [0.2, 0.25) is 0 Å². The normalized spacial score (nSPS) is 10.3. The Labute approximate surface area is 547 Å². The van der Waals surface area contributed by atoms with E-state index in [4.69, 9.17) is 65.4 Å². The van der Waals surface area contributed by atoms with Gasteiger partial charge in [-0.3, -0.25) is 31.1 Å². The molecule has 0 fully saturated rings. The van der Waals surface area contributed by atoms with Crippen molar-refractivity contribution in [3.05, 3.63) is 123 Å². The third-order valence-electron chi connectivity index (χ3n) is 7.25. The molecule has 439 valence electrons. The third kappa shape index (κ3) is 48.1. The van der Waals surface area contributed by atoms with Crippen molar-refractivity contribution in [1.29, 1.82) is 0 Å². The van der Waals surface area contributed by atoms with E-state index >= 15 is 0 Å². The molecule has 4 rings (SSSR count). The van der Waals surface area contributed by atoms with Crippen LogP contribution in [-0.2, 0) is 49.0 Å². The van der Waals surface area contributed by atoms with Crippen molar-refractivity contribution in [3.63, 3.8) is 0 Å². The second-order valence-electron chi connectivity index (χ2n) is 18.5. The van der Waals surface area contributed by atoms with Crippen molar-refractivity contribution in [2.45, 2.75) is 126 Å². The summed E-state index contributed by atoms with van der Waals surface area (Å²) in [5, 5.41) is 15.8. The van der Waals surface area contributed by atoms with Gasteiger partial charge < -0.3 is 31.2 Å². The molecule has 0 bridgehead atoms. The molecule has 0 aliphatic carbocycles. The smallest absolute Gasteiger partial charge is 0 e. The fourth-order valence-electron chi connectivity index (χ4n) is 4.85. The number of carbonyl (C=O) groups excluding carboxylic acids is 5. The van der Waals surface area contributed by atoms with E-state index in [0.29, 0.717) is 61.2 Å². The summed E-state index contributed by atoms with van der Waals surface area (Å²) in [7, 11) is 3.48. The fraction of sp³-hybridized carbons (Fsp3) is 0.415. The van der Waals surface area contributed by atoms with E-state index in [1.165, 1.54) is 6.07 Å². The maximum atomic E-state index is 11.7. The van der Waals surface area contributed by atoms with Crippen molar-refractivity contribution in [3.8, 4) is 0 Å². The molecule has 78 heavy (non-hydrogen) atoms. The number of aliphatic imine (C=N–C) groups is 1. The van der Waals surface area contributed by atoms with Gasteiger partial charge in [-0.2, -0.15) is 6.92 Å². The van der Waals surface area contributed by atoms with Gasteiger partial charge in [-0.05, 0) is 179 Å². The molecule has 4 aromatic rings. The van der Waals surface area contributed by atoms with Gasteiger partial charge in [0.15, 0.2) is 6.29 Å². The average molecular weight is 1690 g/mol. The summed E-state index contributed by atoms with van der Waals surface area (Å²) in [5.41, 5.74) is 2.17. The summed E-state index contributed by atoms with van der Waals surface area (Å²) in [5.74, 6) is 0. The van der Waals surface area contributed by atoms with Gasteiger partial charge in [-0.15, -0.1) is 0 Å². The number of nitrogens with one attached hydrogen (secondary N) is 5. The van der Waals surface area contributed by atoms with E-state index in [0.717, 1.165) is 11.1 Å². The molecule has 25 heteroatoms. The van der Waals surface area contributed by atoms with E-state index in [-0.39, 0.29) is 30.9 Å². The van der Waals surface area contributed by atoms with Gasteiger partial charge >= 0.3 is 89.2 Å². The SMILES string of the molecule is C.CC(C)(C)OC(=O)Nc1ccc(Cl)cc1.CC(C)(C)OC(=O)Nc1ccc(Cl)cc1C=O.CI.CN=Cc1cc(Cl)ccc1NC(=O)OC(C)(C)C.CNCc1cc(Cl)ccc1NC(=O)OC(C)(C)C.[CH2-]C.[I][V]([I])[I].[V]. The molecule has 0 atom stereocenters. The van der Waals surface area contributed by atoms with Crippen molar-refractivity contribution in [2.75, 3.05) is 40.3 Å². The molecule has 0 aliphatic rings. The first-order chi connectivity index (χ1) is 35.0. The maximum absolute atomic E-state index is 11.7. The number of nitrogens with zero attached hydrogens (tertiary/aromatic N) is 1. The minimum absolute atomic E-state index is 0. The fourth-order valence-corrected chi connectivity index (χ4v) is 5.54. The van der Waals surface area contributed by atoms with E-state index in [9.17, 15) is 24.0 Å². The van der Waals surface area contributed by atoms with Crippen LogP contribution in [0.1, 0.15) is 119 Å². The Hall–Kier alpha value is -1.49. The molecule has 4 aromatic carbocycles. The molecule has 0 heterocycles. The topological polar surface area (TPSA) is 195 Å². The van der Waals surface area contributed by atoms with Gasteiger partial charge in [-0.25, -0.2) is 19.2 Å². The Morgan fingerprint density at radius 2 is 0.846 bits per heavy atom. The first-order valence-electron chi connectivity index (χ1n) is 22.6. The summed E-state index contributed by atoms with van der Waals surface area (Å²) in [6.45, 7) is 27.2. The van der Waals surface area contributed by atoms with E-state index in [1.807, 2.05) is 80.4 Å². The molecule has 0 saturated heterocycles. The monoisotopic (exact) mass is 1690 g/mol. The van der Waals surface area contributed by atoms with Gasteiger partial charge in [0, 0.05) is 81.0 Å². The number of alkyl halides is 1. The number of aldehydes is 1. The molecule has 0 saturated carbocycles. The van der Waals surface area contributed by atoms with Crippen LogP contribution in [0.25, 0.3) is 0 Å². The maximum Gasteiger partial charge on any atom is 0 e. The van der Waals surface area contributed by atoms with Crippen LogP contribution in [0.3, 0.4) is 0 Å². The standard InChI is InChI=1S/C13H19ClN2O2.C13H17ClN2O2.C12H14ClNO3.C11H14ClNO2.C2H5.CH3I.CH4.3HI.2V/c2*1-13(2,3)18-12(17)16-11-6-5-10(14)7-9(11)8-15-4;1-12(2,3)17-11(16)14-10-5-4-9(13)6-8(10)7-15;1-11(2,3)15-10(14)13-9-6-4-8(12)5-7-9;2*1-2;;;;;;/h5-7,15H,8H2,1-4H3,(H,16,17);5-8H,1-4H3,(H,16,17);4-7H,1-3H3,(H,14,16);4-7H,1-3H3,(H,13,14);1H2,2H3;1H3;1H4;3*1H;;/q;;;;-1;;;;;;;+3/p-3. The van der Waals surface area contributed by atoms with Crippen LogP contribution in [-0.4, -0.2) is 78.3 Å².